The maximum Gasteiger partial charge on any atom is 0.00796 e. The molecule has 0 saturated carbocycles. The van der Waals surface area contributed by atoms with Gasteiger partial charge in [0.1, 0.15) is 0 Å². The van der Waals surface area contributed by atoms with Gasteiger partial charge in [0.05, 0.1) is 0 Å². The number of rotatable bonds is 3. The van der Waals surface area contributed by atoms with Crippen LogP contribution in [0.2, 0.25) is 0 Å². The van der Waals surface area contributed by atoms with Crippen LogP contribution in [0.15, 0.2) is 106 Å². The maximum atomic E-state index is 2.63. The van der Waals surface area contributed by atoms with Gasteiger partial charge >= 0.3 is 0 Å². The molecule has 41 heavy (non-hydrogen) atoms. The second kappa shape index (κ2) is 9.45. The van der Waals surface area contributed by atoms with Crippen LogP contribution in [0, 0.1) is 41.9 Å². The molecular formula is C41H48. The van der Waals surface area contributed by atoms with Gasteiger partial charge in [-0.2, -0.15) is 0 Å². The lowest BCUT2D eigenvalue weighted by atomic mass is 9.61. The Morgan fingerprint density at radius 2 is 1.56 bits per heavy atom. The lowest BCUT2D eigenvalue weighted by Crippen LogP contribution is -2.34. The van der Waals surface area contributed by atoms with Crippen molar-refractivity contribution in [1.82, 2.24) is 0 Å². The molecule has 0 bridgehead atoms. The summed E-state index contributed by atoms with van der Waals surface area (Å²) >= 11 is 0. The maximum absolute atomic E-state index is 2.63. The van der Waals surface area contributed by atoms with E-state index in [0.29, 0.717) is 11.8 Å². The number of benzene rings is 2. The van der Waals surface area contributed by atoms with Crippen molar-refractivity contribution < 1.29 is 0 Å². The van der Waals surface area contributed by atoms with Crippen molar-refractivity contribution in [2.24, 2.45) is 28.1 Å². The molecule has 3 atom stereocenters. The highest BCUT2D eigenvalue weighted by Crippen LogP contribution is 2.64. The average Bonchev–Trinajstić information content (AvgIpc) is 3.20. The third-order valence-corrected chi connectivity index (χ3v) is 11.8. The largest absolute Gasteiger partial charge is 0.0811 e. The zero-order chi connectivity index (χ0) is 29.5. The first-order valence-electron chi connectivity index (χ1n) is 15.7. The summed E-state index contributed by atoms with van der Waals surface area (Å²) in [7, 11) is 0. The molecule has 0 fully saturated rings. The number of fused-ring (bicyclic) bond motifs is 1. The molecule has 0 heterocycles. The number of hydrogen-bond donors (Lipinski definition) is 0. The molecule has 4 aliphatic carbocycles. The Morgan fingerprint density at radius 3 is 2.29 bits per heavy atom. The summed E-state index contributed by atoms with van der Waals surface area (Å²) in [5.74, 6) is 1.09. The number of allylic oxidation sites excluding steroid dienone is 12. The molecule has 0 aliphatic heterocycles. The fourth-order valence-corrected chi connectivity index (χ4v) is 8.31. The standard InChI is InChI=1S/C41H48/c1-25-15-18-33-28(4)36(39(6,7)37(33)21-25)24-35-29(5)40(8,9)41(10)20-19-31(23-38(35)41)30-17-16-27(3)34(22-30)32-14-12-11-13-26(32)2/h11-19,22-25,28H,20-21H2,1-10H3/b36-24+. The molecule has 0 N–H and O–H groups in total. The van der Waals surface area contributed by atoms with Gasteiger partial charge in [0.25, 0.3) is 0 Å². The zero-order valence-electron chi connectivity index (χ0n) is 27.0. The minimum absolute atomic E-state index is 0.0873. The second-order valence-electron chi connectivity index (χ2n) is 14.7. The Bertz CT molecular complexity index is 1640. The molecule has 3 unspecified atom stereocenters. The first-order valence-corrected chi connectivity index (χ1v) is 15.7. The molecule has 2 aromatic rings. The van der Waals surface area contributed by atoms with Crippen LogP contribution in [0.25, 0.3) is 16.7 Å². The Morgan fingerprint density at radius 1 is 0.854 bits per heavy atom. The summed E-state index contributed by atoms with van der Waals surface area (Å²) in [5.41, 5.74) is 17.7. The summed E-state index contributed by atoms with van der Waals surface area (Å²) in [6.07, 6.45) is 14.8. The Balaban J connectivity index is 1.46. The van der Waals surface area contributed by atoms with E-state index in [4.69, 9.17) is 0 Å². The van der Waals surface area contributed by atoms with Crippen LogP contribution in [0.1, 0.15) is 84.9 Å². The predicted octanol–water partition coefficient (Wildman–Crippen LogP) is 11.5. The lowest BCUT2D eigenvalue weighted by Gasteiger charge is -2.42. The van der Waals surface area contributed by atoms with Crippen LogP contribution in [0.3, 0.4) is 0 Å². The van der Waals surface area contributed by atoms with E-state index >= 15 is 0 Å². The smallest absolute Gasteiger partial charge is 0.00796 e. The Hall–Kier alpha value is -3.12. The molecule has 0 heteroatoms. The minimum Gasteiger partial charge on any atom is -0.0811 e. The van der Waals surface area contributed by atoms with Crippen LogP contribution < -0.4 is 0 Å². The highest BCUT2D eigenvalue weighted by molar-refractivity contribution is 5.83. The monoisotopic (exact) mass is 540 g/mol. The summed E-state index contributed by atoms with van der Waals surface area (Å²) in [6.45, 7) is 24.0. The molecular weight excluding hydrogens is 492 g/mol. The molecule has 0 amide bonds. The number of aryl methyl sites for hydroxylation is 2. The Kier molecular flexibility index (Phi) is 6.46. The van der Waals surface area contributed by atoms with E-state index in [9.17, 15) is 0 Å². The van der Waals surface area contributed by atoms with Crippen molar-refractivity contribution in [3.63, 3.8) is 0 Å². The van der Waals surface area contributed by atoms with E-state index in [0.717, 1.165) is 6.42 Å². The van der Waals surface area contributed by atoms with Crippen LogP contribution in [0.5, 0.6) is 0 Å². The van der Waals surface area contributed by atoms with Gasteiger partial charge in [0, 0.05) is 16.7 Å². The van der Waals surface area contributed by atoms with Gasteiger partial charge in [-0.25, -0.2) is 0 Å². The molecule has 0 spiro atoms. The molecule has 0 saturated heterocycles. The lowest BCUT2D eigenvalue weighted by molar-refractivity contribution is 0.197. The SMILES string of the molecule is CC1=C(/C=C2\C(C)C3=C(CC(C)C=C3)C2(C)C)C2=CC(c3ccc(C)c(-c4ccccc4C)c3)=CCC2(C)C1(C)C. The van der Waals surface area contributed by atoms with E-state index in [-0.39, 0.29) is 16.2 Å². The van der Waals surface area contributed by atoms with Crippen molar-refractivity contribution in [2.45, 2.75) is 82.1 Å². The highest BCUT2D eigenvalue weighted by atomic mass is 14.6. The van der Waals surface area contributed by atoms with E-state index in [1.54, 1.807) is 16.7 Å². The molecule has 4 aliphatic rings. The van der Waals surface area contributed by atoms with E-state index in [1.807, 2.05) is 0 Å². The zero-order valence-corrected chi connectivity index (χ0v) is 27.0. The van der Waals surface area contributed by atoms with E-state index in [2.05, 4.69) is 142 Å². The van der Waals surface area contributed by atoms with Gasteiger partial charge in [-0.1, -0.05) is 132 Å². The van der Waals surface area contributed by atoms with Gasteiger partial charge in [-0.3, -0.25) is 0 Å². The van der Waals surface area contributed by atoms with Crippen LogP contribution >= 0.6 is 0 Å². The van der Waals surface area contributed by atoms with Crippen molar-refractivity contribution >= 4 is 5.57 Å². The van der Waals surface area contributed by atoms with Crippen molar-refractivity contribution in [2.75, 3.05) is 0 Å². The fraction of sp³-hybridized carbons (Fsp3) is 0.415. The summed E-state index contributed by atoms with van der Waals surface area (Å²) in [5, 5.41) is 0. The molecule has 212 valence electrons. The quantitative estimate of drug-likeness (QED) is 0.363. The molecule has 0 radical (unpaired) electrons. The molecule has 2 aromatic carbocycles. The highest BCUT2D eigenvalue weighted by Gasteiger charge is 2.52. The summed E-state index contributed by atoms with van der Waals surface area (Å²) in [6, 6.07) is 15.8. The third-order valence-electron chi connectivity index (χ3n) is 11.8. The minimum atomic E-state index is 0.0873. The van der Waals surface area contributed by atoms with Gasteiger partial charge in [0.15, 0.2) is 0 Å². The van der Waals surface area contributed by atoms with Gasteiger partial charge in [0.2, 0.25) is 0 Å². The molecule has 6 rings (SSSR count). The normalized spacial score (nSPS) is 29.1. The van der Waals surface area contributed by atoms with Crippen LogP contribution in [-0.4, -0.2) is 0 Å². The van der Waals surface area contributed by atoms with E-state index < -0.39 is 0 Å². The predicted molar refractivity (Wildman–Crippen MR) is 178 cm³/mol. The summed E-state index contributed by atoms with van der Waals surface area (Å²) in [4.78, 5) is 0. The van der Waals surface area contributed by atoms with E-state index in [1.165, 1.54) is 56.5 Å². The second-order valence-corrected chi connectivity index (χ2v) is 14.7. The van der Waals surface area contributed by atoms with Crippen LogP contribution in [-0.2, 0) is 0 Å². The van der Waals surface area contributed by atoms with Crippen LogP contribution in [0.4, 0.5) is 0 Å². The average molecular weight is 541 g/mol. The van der Waals surface area contributed by atoms with Gasteiger partial charge in [-0.05, 0) is 101 Å². The van der Waals surface area contributed by atoms with Crippen molar-refractivity contribution in [3.05, 3.63) is 123 Å². The fourth-order valence-electron chi connectivity index (χ4n) is 8.31. The molecule has 0 aromatic heterocycles. The first-order chi connectivity index (χ1) is 19.3. The topological polar surface area (TPSA) is 0 Å². The first kappa shape index (κ1) is 28.0. The van der Waals surface area contributed by atoms with Crippen molar-refractivity contribution in [3.8, 4) is 11.1 Å². The Labute approximate surface area is 249 Å². The third kappa shape index (κ3) is 4.08. The number of hydrogen-bond acceptors (Lipinski definition) is 0. The van der Waals surface area contributed by atoms with Gasteiger partial charge in [-0.15, -0.1) is 0 Å². The van der Waals surface area contributed by atoms with Crippen molar-refractivity contribution in [1.29, 1.82) is 0 Å². The molecule has 0 nitrogen and oxygen atoms in total. The van der Waals surface area contributed by atoms with Gasteiger partial charge < -0.3 is 0 Å². The summed E-state index contributed by atoms with van der Waals surface area (Å²) < 4.78 is 0.